The van der Waals surface area contributed by atoms with Gasteiger partial charge in [0.2, 0.25) is 0 Å². The third-order valence-corrected chi connectivity index (χ3v) is 6.21. The molecule has 1 aromatic carbocycles. The standard InChI is InChI=1S/C21H17Cl2N5O3S/c1-12(26-21(29)13-8-15(23)10-16(9-13)32(2,30)31)19-27-17-4-3-7-24-20(17)28(19)18-6-5-14(22)11-25-18/h3-12H,1-2H3,(H,26,29). The number of amides is 1. The summed E-state index contributed by atoms with van der Waals surface area (Å²) in [5, 5.41) is 3.47. The number of halogens is 2. The summed E-state index contributed by atoms with van der Waals surface area (Å²) in [6.07, 6.45) is 4.21. The van der Waals surface area contributed by atoms with Gasteiger partial charge in [-0.25, -0.2) is 23.4 Å². The van der Waals surface area contributed by atoms with Crippen LogP contribution in [-0.4, -0.2) is 40.1 Å². The van der Waals surface area contributed by atoms with Crippen molar-refractivity contribution in [2.75, 3.05) is 6.26 Å². The quantitative estimate of drug-likeness (QED) is 0.453. The van der Waals surface area contributed by atoms with Gasteiger partial charge in [0, 0.05) is 29.2 Å². The molecule has 8 nitrogen and oxygen atoms in total. The van der Waals surface area contributed by atoms with E-state index in [9.17, 15) is 13.2 Å². The van der Waals surface area contributed by atoms with Gasteiger partial charge in [-0.2, -0.15) is 0 Å². The molecule has 0 fully saturated rings. The second-order valence-corrected chi connectivity index (χ2v) is 10.0. The Labute approximate surface area is 194 Å². The molecule has 0 spiro atoms. The first-order valence-electron chi connectivity index (χ1n) is 9.40. The predicted octanol–water partition coefficient (Wildman–Crippen LogP) is 4.02. The van der Waals surface area contributed by atoms with Crippen LogP contribution in [0.4, 0.5) is 0 Å². The van der Waals surface area contributed by atoms with Gasteiger partial charge in [-0.15, -0.1) is 0 Å². The Kier molecular flexibility index (Phi) is 5.89. The number of carbonyl (C=O) groups excluding carboxylic acids is 1. The molecule has 0 bridgehead atoms. The van der Waals surface area contributed by atoms with E-state index < -0.39 is 21.8 Å². The Hall–Kier alpha value is -3.01. The molecule has 0 aliphatic carbocycles. The van der Waals surface area contributed by atoms with Crippen LogP contribution in [-0.2, 0) is 9.84 Å². The first-order valence-corrected chi connectivity index (χ1v) is 12.0. The number of fused-ring (bicyclic) bond motifs is 1. The van der Waals surface area contributed by atoms with Gasteiger partial charge in [0.15, 0.2) is 15.5 Å². The summed E-state index contributed by atoms with van der Waals surface area (Å²) in [7, 11) is -3.53. The highest BCUT2D eigenvalue weighted by Gasteiger charge is 2.22. The van der Waals surface area contributed by atoms with Crippen LogP contribution < -0.4 is 5.32 Å². The van der Waals surface area contributed by atoms with Gasteiger partial charge in [-0.3, -0.25) is 9.36 Å². The van der Waals surface area contributed by atoms with E-state index in [0.29, 0.717) is 27.8 Å². The molecular weight excluding hydrogens is 473 g/mol. The van der Waals surface area contributed by atoms with Crippen molar-refractivity contribution in [3.63, 3.8) is 0 Å². The van der Waals surface area contributed by atoms with Crippen molar-refractivity contribution < 1.29 is 13.2 Å². The molecule has 0 radical (unpaired) electrons. The van der Waals surface area contributed by atoms with Crippen LogP contribution in [0.2, 0.25) is 10.0 Å². The minimum Gasteiger partial charge on any atom is -0.342 e. The summed E-state index contributed by atoms with van der Waals surface area (Å²) in [5.74, 6) is 0.529. The SMILES string of the molecule is CC(NC(=O)c1cc(Cl)cc(S(C)(=O)=O)c1)c1nc2cccnc2n1-c1ccc(Cl)cn1. The number of nitrogens with one attached hydrogen (secondary N) is 1. The number of hydrogen-bond acceptors (Lipinski definition) is 6. The summed E-state index contributed by atoms with van der Waals surface area (Å²) in [5.41, 5.74) is 1.32. The van der Waals surface area contributed by atoms with Crippen LogP contribution in [0.15, 0.2) is 59.8 Å². The molecule has 1 unspecified atom stereocenters. The lowest BCUT2D eigenvalue weighted by Crippen LogP contribution is -2.29. The van der Waals surface area contributed by atoms with E-state index in [0.717, 1.165) is 6.26 Å². The maximum Gasteiger partial charge on any atom is 0.251 e. The van der Waals surface area contributed by atoms with Crippen LogP contribution >= 0.6 is 23.2 Å². The molecule has 0 aliphatic rings. The molecule has 1 amide bonds. The summed E-state index contributed by atoms with van der Waals surface area (Å²) in [6.45, 7) is 1.76. The second kappa shape index (κ2) is 8.50. The second-order valence-electron chi connectivity index (χ2n) is 7.13. The van der Waals surface area contributed by atoms with Crippen LogP contribution in [0.5, 0.6) is 0 Å². The van der Waals surface area contributed by atoms with Gasteiger partial charge < -0.3 is 5.32 Å². The monoisotopic (exact) mass is 489 g/mol. The van der Waals surface area contributed by atoms with Crippen molar-refractivity contribution in [3.05, 3.63) is 76.3 Å². The largest absolute Gasteiger partial charge is 0.342 e. The smallest absolute Gasteiger partial charge is 0.251 e. The Morgan fingerprint density at radius 2 is 1.88 bits per heavy atom. The number of rotatable bonds is 5. The molecule has 1 N–H and O–H groups in total. The third-order valence-electron chi connectivity index (χ3n) is 4.68. The number of hydrogen-bond donors (Lipinski definition) is 1. The first-order chi connectivity index (χ1) is 15.1. The Morgan fingerprint density at radius 3 is 2.56 bits per heavy atom. The molecule has 3 heterocycles. The Balaban J connectivity index is 1.73. The van der Waals surface area contributed by atoms with Gasteiger partial charge >= 0.3 is 0 Å². The number of benzene rings is 1. The fraction of sp³-hybridized carbons (Fsp3) is 0.143. The van der Waals surface area contributed by atoms with Crippen LogP contribution in [0.1, 0.15) is 29.1 Å². The lowest BCUT2D eigenvalue weighted by atomic mass is 10.2. The zero-order valence-electron chi connectivity index (χ0n) is 17.0. The van der Waals surface area contributed by atoms with E-state index in [4.69, 9.17) is 23.2 Å². The lowest BCUT2D eigenvalue weighted by molar-refractivity contribution is 0.0938. The van der Waals surface area contributed by atoms with Gasteiger partial charge in [-0.1, -0.05) is 23.2 Å². The van der Waals surface area contributed by atoms with E-state index in [-0.39, 0.29) is 15.5 Å². The number of pyridine rings is 2. The van der Waals surface area contributed by atoms with E-state index in [1.54, 1.807) is 35.9 Å². The fourth-order valence-electron chi connectivity index (χ4n) is 3.20. The number of carbonyl (C=O) groups is 1. The minimum absolute atomic E-state index is 0.0374. The van der Waals surface area contributed by atoms with Crippen LogP contribution in [0.3, 0.4) is 0 Å². The molecule has 0 saturated carbocycles. The first kappa shape index (κ1) is 22.2. The van der Waals surface area contributed by atoms with E-state index in [1.165, 1.54) is 24.4 Å². The van der Waals surface area contributed by atoms with Crippen molar-refractivity contribution in [3.8, 4) is 5.82 Å². The van der Waals surface area contributed by atoms with E-state index in [1.807, 2.05) is 6.07 Å². The number of imidazole rings is 1. The average Bonchev–Trinajstić information content (AvgIpc) is 3.13. The molecule has 32 heavy (non-hydrogen) atoms. The molecule has 4 aromatic rings. The van der Waals surface area contributed by atoms with Crippen molar-refractivity contribution in [1.82, 2.24) is 24.8 Å². The lowest BCUT2D eigenvalue weighted by Gasteiger charge is -2.16. The summed E-state index contributed by atoms with van der Waals surface area (Å²) < 4.78 is 25.5. The molecule has 1 atom stereocenters. The van der Waals surface area contributed by atoms with Crippen molar-refractivity contribution in [2.24, 2.45) is 0 Å². The maximum atomic E-state index is 12.9. The zero-order valence-corrected chi connectivity index (χ0v) is 19.3. The zero-order chi connectivity index (χ0) is 23.0. The molecule has 0 aliphatic heterocycles. The van der Waals surface area contributed by atoms with Gasteiger partial charge in [-0.05, 0) is 49.4 Å². The highest BCUT2D eigenvalue weighted by molar-refractivity contribution is 7.90. The van der Waals surface area contributed by atoms with Crippen LogP contribution in [0.25, 0.3) is 17.0 Å². The highest BCUT2D eigenvalue weighted by atomic mass is 35.5. The highest BCUT2D eigenvalue weighted by Crippen LogP contribution is 2.25. The molecule has 3 aromatic heterocycles. The summed E-state index contributed by atoms with van der Waals surface area (Å²) in [4.78, 5) is 26.3. The topological polar surface area (TPSA) is 107 Å². The normalized spacial score (nSPS) is 12.6. The van der Waals surface area contributed by atoms with Crippen molar-refractivity contribution in [1.29, 1.82) is 0 Å². The molecule has 0 saturated heterocycles. The average molecular weight is 490 g/mol. The van der Waals surface area contributed by atoms with E-state index >= 15 is 0 Å². The van der Waals surface area contributed by atoms with Crippen molar-refractivity contribution in [2.45, 2.75) is 17.9 Å². The number of aromatic nitrogens is 4. The van der Waals surface area contributed by atoms with Crippen LogP contribution in [0, 0.1) is 0 Å². The summed E-state index contributed by atoms with van der Waals surface area (Å²) in [6, 6.07) is 10.4. The molecule has 11 heteroatoms. The van der Waals surface area contributed by atoms with Crippen molar-refractivity contribution >= 4 is 50.1 Å². The minimum atomic E-state index is -3.53. The third kappa shape index (κ3) is 4.45. The Bertz CT molecular complexity index is 1440. The molecule has 164 valence electrons. The van der Waals surface area contributed by atoms with E-state index in [2.05, 4.69) is 20.3 Å². The Morgan fingerprint density at radius 1 is 1.09 bits per heavy atom. The fourth-order valence-corrected chi connectivity index (χ4v) is 4.29. The summed E-state index contributed by atoms with van der Waals surface area (Å²) >= 11 is 12.0. The molecular formula is C21H17Cl2N5O3S. The predicted molar refractivity (Wildman–Crippen MR) is 122 cm³/mol. The van der Waals surface area contributed by atoms with Gasteiger partial charge in [0.25, 0.3) is 5.91 Å². The van der Waals surface area contributed by atoms with Gasteiger partial charge in [0.05, 0.1) is 16.0 Å². The number of sulfone groups is 1. The maximum absolute atomic E-state index is 12.9. The number of nitrogens with zero attached hydrogens (tertiary/aromatic N) is 4. The molecule has 4 rings (SSSR count). The van der Waals surface area contributed by atoms with Gasteiger partial charge in [0.1, 0.15) is 17.2 Å².